The van der Waals surface area contributed by atoms with Crippen LogP contribution in [-0.2, 0) is 4.79 Å². The summed E-state index contributed by atoms with van der Waals surface area (Å²) in [6.45, 7) is 1.17. The van der Waals surface area contributed by atoms with Crippen LogP contribution in [0.5, 0.6) is 11.5 Å². The molecule has 0 saturated heterocycles. The maximum absolute atomic E-state index is 12.7. The molecule has 1 aromatic heterocycles. The number of fused-ring (bicyclic) bond motifs is 2. The van der Waals surface area contributed by atoms with Gasteiger partial charge in [0.1, 0.15) is 5.82 Å². The molecule has 1 saturated carbocycles. The van der Waals surface area contributed by atoms with E-state index in [-0.39, 0.29) is 36.6 Å². The Morgan fingerprint density at radius 2 is 1.66 bits per heavy atom. The Morgan fingerprint density at radius 1 is 0.921 bits per heavy atom. The first-order valence-corrected chi connectivity index (χ1v) is 13.4. The van der Waals surface area contributed by atoms with E-state index in [0.29, 0.717) is 36.2 Å². The Balaban J connectivity index is 1.09. The minimum atomic E-state index is -0.0856. The number of carbonyl (C=O) groups excluding carboxylic acids is 2. The molecule has 3 aromatic rings. The molecule has 0 bridgehead atoms. The van der Waals surface area contributed by atoms with Gasteiger partial charge in [-0.1, -0.05) is 12.1 Å². The summed E-state index contributed by atoms with van der Waals surface area (Å²) in [4.78, 5) is 36.7. The number of nitrogens with zero attached hydrogens (tertiary/aromatic N) is 3. The largest absolute Gasteiger partial charge is 0.490 e. The van der Waals surface area contributed by atoms with Gasteiger partial charge in [0.15, 0.2) is 17.3 Å². The molecule has 9 nitrogen and oxygen atoms in total. The number of amides is 1. The average Bonchev–Trinajstić information content (AvgIpc) is 3.17. The van der Waals surface area contributed by atoms with E-state index >= 15 is 0 Å². The molecule has 1 aliphatic carbocycles. The zero-order chi connectivity index (χ0) is 26.5. The van der Waals surface area contributed by atoms with E-state index in [1.807, 2.05) is 43.3 Å². The van der Waals surface area contributed by atoms with Crippen molar-refractivity contribution in [2.45, 2.75) is 57.0 Å². The van der Waals surface area contributed by atoms with Crippen LogP contribution in [0.1, 0.15) is 55.3 Å². The van der Waals surface area contributed by atoms with Crippen molar-refractivity contribution in [2.75, 3.05) is 37.5 Å². The summed E-state index contributed by atoms with van der Waals surface area (Å²) < 4.78 is 11.3. The molecule has 0 atom stereocenters. The summed E-state index contributed by atoms with van der Waals surface area (Å²) in [5.41, 5.74) is 1.46. The van der Waals surface area contributed by atoms with Gasteiger partial charge in [0.2, 0.25) is 11.9 Å². The number of rotatable bonds is 8. The van der Waals surface area contributed by atoms with Crippen molar-refractivity contribution in [3.63, 3.8) is 0 Å². The lowest BCUT2D eigenvalue weighted by molar-refractivity contribution is -0.122. The molecule has 1 aliphatic heterocycles. The fourth-order valence-corrected chi connectivity index (χ4v) is 5.04. The molecule has 9 heteroatoms. The van der Waals surface area contributed by atoms with Crippen molar-refractivity contribution in [3.8, 4) is 11.5 Å². The standard InChI is InChI=1S/C29H35N5O4/c1-34(2)28-22-6-3-4-7-23(22)32-29(33-28)31-21-11-9-20(10-12-21)30-27(36)15-13-24(35)19-8-14-25-26(18-19)38-17-5-16-37-25/h3-4,6-8,14,18,20-21H,5,9-13,15-17H2,1-2H3,(H,30,36)(H,31,32,33). The third kappa shape index (κ3) is 6.15. The highest BCUT2D eigenvalue weighted by Gasteiger charge is 2.24. The highest BCUT2D eigenvalue weighted by Crippen LogP contribution is 2.31. The van der Waals surface area contributed by atoms with Crippen LogP contribution in [0.3, 0.4) is 0 Å². The van der Waals surface area contributed by atoms with Crippen LogP contribution in [0.2, 0.25) is 0 Å². The summed E-state index contributed by atoms with van der Waals surface area (Å²) in [5, 5.41) is 7.64. The van der Waals surface area contributed by atoms with Gasteiger partial charge in [0, 0.05) is 56.4 Å². The summed E-state index contributed by atoms with van der Waals surface area (Å²) in [6.07, 6.45) is 4.70. The zero-order valence-electron chi connectivity index (χ0n) is 22.0. The minimum Gasteiger partial charge on any atom is -0.490 e. The van der Waals surface area contributed by atoms with Gasteiger partial charge in [-0.05, 0) is 56.0 Å². The molecule has 0 radical (unpaired) electrons. The van der Waals surface area contributed by atoms with Crippen molar-refractivity contribution < 1.29 is 19.1 Å². The summed E-state index contributed by atoms with van der Waals surface area (Å²) in [5.74, 6) is 2.62. The molecule has 2 aliphatic rings. The molecular formula is C29H35N5O4. The molecule has 0 spiro atoms. The van der Waals surface area contributed by atoms with Crippen LogP contribution in [0.25, 0.3) is 10.9 Å². The van der Waals surface area contributed by atoms with Gasteiger partial charge in [-0.2, -0.15) is 4.98 Å². The van der Waals surface area contributed by atoms with E-state index in [1.165, 1.54) is 0 Å². The van der Waals surface area contributed by atoms with Gasteiger partial charge in [-0.25, -0.2) is 4.98 Å². The maximum Gasteiger partial charge on any atom is 0.225 e. The first-order valence-electron chi connectivity index (χ1n) is 13.4. The van der Waals surface area contributed by atoms with Gasteiger partial charge in [-0.15, -0.1) is 0 Å². The number of ketones is 1. The summed E-state index contributed by atoms with van der Waals surface area (Å²) in [7, 11) is 3.97. The normalized spacial score (nSPS) is 18.9. The smallest absolute Gasteiger partial charge is 0.225 e. The van der Waals surface area contributed by atoms with E-state index in [4.69, 9.17) is 19.4 Å². The van der Waals surface area contributed by atoms with Crippen LogP contribution in [-0.4, -0.2) is 61.1 Å². The Hall–Kier alpha value is -3.88. The van der Waals surface area contributed by atoms with Crippen molar-refractivity contribution >= 4 is 34.4 Å². The Kier molecular flexibility index (Phi) is 7.91. The number of nitrogens with one attached hydrogen (secondary N) is 2. The van der Waals surface area contributed by atoms with Crippen molar-refractivity contribution in [1.82, 2.24) is 15.3 Å². The molecule has 2 heterocycles. The molecule has 1 fully saturated rings. The molecule has 38 heavy (non-hydrogen) atoms. The monoisotopic (exact) mass is 517 g/mol. The SMILES string of the molecule is CN(C)c1nc(NC2CCC(NC(=O)CCC(=O)c3ccc4c(c3)OCCCO4)CC2)nc2ccccc12. The molecule has 1 amide bonds. The van der Waals surface area contributed by atoms with Gasteiger partial charge in [0.25, 0.3) is 0 Å². The van der Waals surface area contributed by atoms with Crippen LogP contribution in [0, 0.1) is 0 Å². The van der Waals surface area contributed by atoms with Crippen LogP contribution < -0.4 is 25.0 Å². The third-order valence-corrected chi connectivity index (χ3v) is 7.08. The van der Waals surface area contributed by atoms with Crippen molar-refractivity contribution in [3.05, 3.63) is 48.0 Å². The Morgan fingerprint density at radius 3 is 2.45 bits per heavy atom. The molecular weight excluding hydrogens is 482 g/mol. The van der Waals surface area contributed by atoms with Crippen molar-refractivity contribution in [2.24, 2.45) is 0 Å². The minimum absolute atomic E-state index is 0.0730. The third-order valence-electron chi connectivity index (χ3n) is 7.08. The number of hydrogen-bond donors (Lipinski definition) is 2. The van der Waals surface area contributed by atoms with Gasteiger partial charge in [0.05, 0.1) is 18.7 Å². The lowest BCUT2D eigenvalue weighted by Crippen LogP contribution is -2.40. The second kappa shape index (κ2) is 11.7. The molecule has 5 rings (SSSR count). The van der Waals surface area contributed by atoms with E-state index < -0.39 is 0 Å². The number of carbonyl (C=O) groups is 2. The Labute approximate surface area is 222 Å². The topological polar surface area (TPSA) is 106 Å². The maximum atomic E-state index is 12.7. The number of hydrogen-bond acceptors (Lipinski definition) is 8. The van der Waals surface area contributed by atoms with Gasteiger partial charge in [-0.3, -0.25) is 9.59 Å². The van der Waals surface area contributed by atoms with Gasteiger partial charge < -0.3 is 25.0 Å². The fourth-order valence-electron chi connectivity index (χ4n) is 5.04. The average molecular weight is 518 g/mol. The number of ether oxygens (including phenoxy) is 2. The predicted molar refractivity (Wildman–Crippen MR) is 147 cm³/mol. The first-order chi connectivity index (χ1) is 18.5. The lowest BCUT2D eigenvalue weighted by Gasteiger charge is -2.30. The highest BCUT2D eigenvalue weighted by molar-refractivity contribution is 5.98. The molecule has 0 unspecified atom stereocenters. The number of aromatic nitrogens is 2. The molecule has 2 N–H and O–H groups in total. The second-order valence-corrected chi connectivity index (χ2v) is 10.2. The van der Waals surface area contributed by atoms with Crippen LogP contribution in [0.4, 0.5) is 11.8 Å². The van der Waals surface area contributed by atoms with E-state index in [0.717, 1.165) is 48.8 Å². The number of anilines is 2. The van der Waals surface area contributed by atoms with Crippen LogP contribution >= 0.6 is 0 Å². The first kappa shape index (κ1) is 25.8. The fraction of sp³-hybridized carbons (Fsp3) is 0.448. The highest BCUT2D eigenvalue weighted by atomic mass is 16.5. The molecule has 200 valence electrons. The molecule has 2 aromatic carbocycles. The summed E-state index contributed by atoms with van der Waals surface area (Å²) >= 11 is 0. The van der Waals surface area contributed by atoms with Crippen molar-refractivity contribution in [1.29, 1.82) is 0 Å². The van der Waals surface area contributed by atoms with E-state index in [9.17, 15) is 9.59 Å². The summed E-state index contributed by atoms with van der Waals surface area (Å²) in [6, 6.07) is 13.6. The predicted octanol–water partition coefficient (Wildman–Crippen LogP) is 4.36. The number of para-hydroxylation sites is 1. The van der Waals surface area contributed by atoms with E-state index in [2.05, 4.69) is 10.6 Å². The lowest BCUT2D eigenvalue weighted by atomic mass is 9.91. The number of Topliss-reactive ketones (excluding diaryl/α,β-unsaturated/α-hetero) is 1. The van der Waals surface area contributed by atoms with Gasteiger partial charge >= 0.3 is 0 Å². The Bertz CT molecular complexity index is 1300. The quantitative estimate of drug-likeness (QED) is 0.425. The van der Waals surface area contributed by atoms with E-state index in [1.54, 1.807) is 18.2 Å². The number of benzene rings is 2. The second-order valence-electron chi connectivity index (χ2n) is 10.2. The zero-order valence-corrected chi connectivity index (χ0v) is 22.0. The van der Waals surface area contributed by atoms with Crippen LogP contribution in [0.15, 0.2) is 42.5 Å².